The van der Waals surface area contributed by atoms with E-state index in [9.17, 15) is 5.11 Å². The van der Waals surface area contributed by atoms with Crippen LogP contribution in [0.3, 0.4) is 0 Å². The van der Waals surface area contributed by atoms with Crippen LogP contribution in [0, 0.1) is 3.57 Å². The SMILES string of the molecule is COCc1nc(-c2cccc(O)c2)nc(Cl)c1I. The van der Waals surface area contributed by atoms with Gasteiger partial charge in [0, 0.05) is 12.7 Å². The number of aromatic nitrogens is 2. The highest BCUT2D eigenvalue weighted by atomic mass is 127. The summed E-state index contributed by atoms with van der Waals surface area (Å²) in [6.45, 7) is 0.367. The molecule has 0 radical (unpaired) electrons. The molecule has 1 aromatic heterocycles. The molecule has 0 fully saturated rings. The number of phenols is 1. The molecule has 0 aliphatic heterocycles. The Bertz CT molecular complexity index is 578. The standard InChI is InChI=1S/C12H10ClIN2O2/c1-18-6-9-10(14)11(13)16-12(15-9)7-3-2-4-8(17)5-7/h2-5,17H,6H2,1H3. The summed E-state index contributed by atoms with van der Waals surface area (Å²) in [6.07, 6.45) is 0. The van der Waals surface area contributed by atoms with Crippen LogP contribution in [-0.4, -0.2) is 22.2 Å². The van der Waals surface area contributed by atoms with Crippen molar-refractivity contribution in [2.75, 3.05) is 7.11 Å². The lowest BCUT2D eigenvalue weighted by Gasteiger charge is -2.07. The number of phenolic OH excluding ortho intramolecular Hbond substituents is 1. The van der Waals surface area contributed by atoms with Gasteiger partial charge < -0.3 is 9.84 Å². The van der Waals surface area contributed by atoms with E-state index in [1.807, 2.05) is 6.07 Å². The summed E-state index contributed by atoms with van der Waals surface area (Å²) >= 11 is 8.15. The highest BCUT2D eigenvalue weighted by Crippen LogP contribution is 2.25. The van der Waals surface area contributed by atoms with Crippen molar-refractivity contribution in [3.63, 3.8) is 0 Å². The molecule has 2 rings (SSSR count). The molecule has 0 saturated carbocycles. The summed E-state index contributed by atoms with van der Waals surface area (Å²) in [5.74, 6) is 0.641. The Hall–Kier alpha value is -0.920. The van der Waals surface area contributed by atoms with E-state index in [1.54, 1.807) is 25.3 Å². The van der Waals surface area contributed by atoms with Crippen molar-refractivity contribution in [3.8, 4) is 17.1 Å². The molecule has 94 valence electrons. The third kappa shape index (κ3) is 2.90. The van der Waals surface area contributed by atoms with Gasteiger partial charge in [-0.3, -0.25) is 0 Å². The second-order valence-electron chi connectivity index (χ2n) is 3.58. The van der Waals surface area contributed by atoms with E-state index in [-0.39, 0.29) is 5.75 Å². The molecule has 0 amide bonds. The van der Waals surface area contributed by atoms with Crippen LogP contribution in [-0.2, 0) is 11.3 Å². The van der Waals surface area contributed by atoms with Crippen LogP contribution in [0.4, 0.5) is 0 Å². The zero-order valence-corrected chi connectivity index (χ0v) is 12.4. The number of aromatic hydroxyl groups is 1. The molecule has 0 bridgehead atoms. The number of hydrogen-bond acceptors (Lipinski definition) is 4. The first-order valence-corrected chi connectivity index (χ1v) is 6.57. The van der Waals surface area contributed by atoms with Crippen LogP contribution in [0.1, 0.15) is 5.69 Å². The molecule has 1 N–H and O–H groups in total. The third-order valence-electron chi connectivity index (χ3n) is 2.26. The quantitative estimate of drug-likeness (QED) is 0.660. The predicted octanol–water partition coefficient (Wildman–Crippen LogP) is 3.25. The predicted molar refractivity (Wildman–Crippen MR) is 77.6 cm³/mol. The van der Waals surface area contributed by atoms with Gasteiger partial charge in [-0.25, -0.2) is 9.97 Å². The van der Waals surface area contributed by atoms with Gasteiger partial charge in [-0.05, 0) is 34.7 Å². The molecule has 0 aliphatic rings. The number of halogens is 2. The molecule has 0 aliphatic carbocycles. The van der Waals surface area contributed by atoms with Crippen LogP contribution in [0.15, 0.2) is 24.3 Å². The minimum atomic E-state index is 0.166. The maximum absolute atomic E-state index is 9.46. The second kappa shape index (κ2) is 5.81. The minimum absolute atomic E-state index is 0.166. The normalized spacial score (nSPS) is 10.6. The van der Waals surface area contributed by atoms with Crippen molar-refractivity contribution in [2.45, 2.75) is 6.61 Å². The molecule has 18 heavy (non-hydrogen) atoms. The van der Waals surface area contributed by atoms with Gasteiger partial charge >= 0.3 is 0 Å². The first-order chi connectivity index (χ1) is 8.61. The van der Waals surface area contributed by atoms with Crippen molar-refractivity contribution in [2.24, 2.45) is 0 Å². The van der Waals surface area contributed by atoms with Gasteiger partial charge in [0.25, 0.3) is 0 Å². The van der Waals surface area contributed by atoms with Crippen LogP contribution in [0.25, 0.3) is 11.4 Å². The highest BCUT2D eigenvalue weighted by Gasteiger charge is 2.12. The van der Waals surface area contributed by atoms with Gasteiger partial charge in [0.05, 0.1) is 15.9 Å². The molecule has 1 aromatic carbocycles. The number of hydrogen-bond donors (Lipinski definition) is 1. The lowest BCUT2D eigenvalue weighted by molar-refractivity contribution is 0.181. The Balaban J connectivity index is 2.51. The summed E-state index contributed by atoms with van der Waals surface area (Å²) in [7, 11) is 1.60. The number of benzene rings is 1. The minimum Gasteiger partial charge on any atom is -0.508 e. The fraction of sp³-hybridized carbons (Fsp3) is 0.167. The van der Waals surface area contributed by atoms with E-state index >= 15 is 0 Å². The van der Waals surface area contributed by atoms with Gasteiger partial charge in [-0.1, -0.05) is 23.7 Å². The van der Waals surface area contributed by atoms with Gasteiger partial charge in [-0.15, -0.1) is 0 Å². The van der Waals surface area contributed by atoms with Crippen molar-refractivity contribution in [1.82, 2.24) is 9.97 Å². The van der Waals surface area contributed by atoms with Crippen LogP contribution < -0.4 is 0 Å². The Kier molecular flexibility index (Phi) is 4.36. The molecule has 0 unspecified atom stereocenters. The summed E-state index contributed by atoms with van der Waals surface area (Å²) in [5, 5.41) is 9.84. The van der Waals surface area contributed by atoms with Crippen LogP contribution in [0.5, 0.6) is 5.75 Å². The van der Waals surface area contributed by atoms with Crippen molar-refractivity contribution in [1.29, 1.82) is 0 Å². The zero-order valence-electron chi connectivity index (χ0n) is 9.52. The average molecular weight is 377 g/mol. The molecule has 1 heterocycles. The fourth-order valence-electron chi connectivity index (χ4n) is 1.47. The van der Waals surface area contributed by atoms with Gasteiger partial charge in [0.1, 0.15) is 10.9 Å². The summed E-state index contributed by atoms with van der Waals surface area (Å²) in [5.41, 5.74) is 1.45. The Morgan fingerprint density at radius 3 is 2.83 bits per heavy atom. The summed E-state index contributed by atoms with van der Waals surface area (Å²) < 4.78 is 5.85. The number of ether oxygens (including phenoxy) is 1. The maximum atomic E-state index is 9.46. The lowest BCUT2D eigenvalue weighted by Crippen LogP contribution is -2.01. The van der Waals surface area contributed by atoms with E-state index in [4.69, 9.17) is 16.3 Å². The van der Waals surface area contributed by atoms with Crippen molar-refractivity contribution in [3.05, 3.63) is 38.7 Å². The number of rotatable bonds is 3. The van der Waals surface area contributed by atoms with Crippen molar-refractivity contribution >= 4 is 34.2 Å². The highest BCUT2D eigenvalue weighted by molar-refractivity contribution is 14.1. The Labute approximate surface area is 123 Å². The second-order valence-corrected chi connectivity index (χ2v) is 5.02. The third-order valence-corrected chi connectivity index (χ3v) is 3.99. The molecule has 0 saturated heterocycles. The Morgan fingerprint density at radius 1 is 1.39 bits per heavy atom. The first kappa shape index (κ1) is 13.5. The molecule has 4 nitrogen and oxygen atoms in total. The van der Waals surface area contributed by atoms with E-state index in [0.29, 0.717) is 23.1 Å². The molecule has 0 spiro atoms. The molecule has 6 heteroatoms. The van der Waals surface area contributed by atoms with Crippen LogP contribution in [0.2, 0.25) is 5.15 Å². The zero-order chi connectivity index (χ0) is 13.1. The van der Waals surface area contributed by atoms with Crippen molar-refractivity contribution < 1.29 is 9.84 Å². The van der Waals surface area contributed by atoms with Gasteiger partial charge in [0.15, 0.2) is 5.82 Å². The smallest absolute Gasteiger partial charge is 0.161 e. The fourth-order valence-corrected chi connectivity index (χ4v) is 2.06. The lowest BCUT2D eigenvalue weighted by atomic mass is 10.2. The molecule has 0 atom stereocenters. The summed E-state index contributed by atoms with van der Waals surface area (Å²) in [6, 6.07) is 6.73. The monoisotopic (exact) mass is 376 g/mol. The van der Waals surface area contributed by atoms with E-state index in [0.717, 1.165) is 9.26 Å². The van der Waals surface area contributed by atoms with E-state index in [1.165, 1.54) is 0 Å². The van der Waals surface area contributed by atoms with Gasteiger partial charge in [0.2, 0.25) is 0 Å². The molecular formula is C12H10ClIN2O2. The Morgan fingerprint density at radius 2 is 2.17 bits per heavy atom. The maximum Gasteiger partial charge on any atom is 0.161 e. The molecule has 2 aromatic rings. The first-order valence-electron chi connectivity index (χ1n) is 5.12. The van der Waals surface area contributed by atoms with E-state index in [2.05, 4.69) is 32.6 Å². The topological polar surface area (TPSA) is 55.2 Å². The average Bonchev–Trinajstić information content (AvgIpc) is 2.35. The van der Waals surface area contributed by atoms with E-state index < -0.39 is 0 Å². The summed E-state index contributed by atoms with van der Waals surface area (Å²) in [4.78, 5) is 8.60. The molecular weight excluding hydrogens is 367 g/mol. The van der Waals surface area contributed by atoms with Gasteiger partial charge in [-0.2, -0.15) is 0 Å². The van der Waals surface area contributed by atoms with Crippen LogP contribution >= 0.6 is 34.2 Å². The number of nitrogens with zero attached hydrogens (tertiary/aromatic N) is 2. The largest absolute Gasteiger partial charge is 0.508 e. The number of methoxy groups -OCH3 is 1.